The Balaban J connectivity index is 1.64. The van der Waals surface area contributed by atoms with Crippen molar-refractivity contribution in [3.8, 4) is 0 Å². The van der Waals surface area contributed by atoms with Gasteiger partial charge in [0, 0.05) is 19.1 Å². The Morgan fingerprint density at radius 1 is 1.50 bits per heavy atom. The maximum absolute atomic E-state index is 5.51. The topological polar surface area (TPSA) is 24.5 Å². The summed E-state index contributed by atoms with van der Waals surface area (Å²) in [4.78, 5) is 2.37. The lowest BCUT2D eigenvalue weighted by atomic mass is 10.1. The number of hydrogen-bond donors (Lipinski definition) is 1. The molecule has 0 aliphatic carbocycles. The van der Waals surface area contributed by atoms with Gasteiger partial charge in [0.15, 0.2) is 0 Å². The molecule has 1 fully saturated rings. The van der Waals surface area contributed by atoms with Crippen molar-refractivity contribution in [2.24, 2.45) is 0 Å². The molecule has 3 nitrogen and oxygen atoms in total. The van der Waals surface area contributed by atoms with E-state index in [1.54, 1.807) is 0 Å². The van der Waals surface area contributed by atoms with E-state index in [9.17, 15) is 0 Å². The Bertz CT molecular complexity index is 205. The summed E-state index contributed by atoms with van der Waals surface area (Å²) < 4.78 is 5.51. The molecule has 0 amide bonds. The van der Waals surface area contributed by atoms with Crippen molar-refractivity contribution >= 4 is 0 Å². The molecule has 2 heterocycles. The highest BCUT2D eigenvalue weighted by atomic mass is 16.5. The second-order valence-corrected chi connectivity index (χ2v) is 4.36. The molecule has 0 bridgehead atoms. The summed E-state index contributed by atoms with van der Waals surface area (Å²) in [6, 6.07) is 0.675. The Morgan fingerprint density at radius 2 is 2.43 bits per heavy atom. The van der Waals surface area contributed by atoms with E-state index in [1.165, 1.54) is 19.5 Å². The Kier molecular flexibility index (Phi) is 3.43. The molecule has 0 aromatic carbocycles. The lowest BCUT2D eigenvalue weighted by Gasteiger charge is -2.22. The van der Waals surface area contributed by atoms with Gasteiger partial charge in [-0.15, -0.1) is 0 Å². The minimum Gasteiger partial charge on any atom is -0.497 e. The first-order valence-electron chi connectivity index (χ1n) is 5.57. The quantitative estimate of drug-likeness (QED) is 0.728. The van der Waals surface area contributed by atoms with Gasteiger partial charge in [0.1, 0.15) is 6.10 Å². The Morgan fingerprint density at radius 3 is 3.07 bits per heavy atom. The van der Waals surface area contributed by atoms with Crippen molar-refractivity contribution in [1.29, 1.82) is 0 Å². The smallest absolute Gasteiger partial charge is 0.110 e. The number of hydrogen-bond acceptors (Lipinski definition) is 3. The van der Waals surface area contributed by atoms with Gasteiger partial charge in [-0.25, -0.2) is 0 Å². The fourth-order valence-electron chi connectivity index (χ4n) is 2.13. The normalized spacial score (nSPS) is 33.2. The summed E-state index contributed by atoms with van der Waals surface area (Å²) in [5, 5.41) is 3.58. The van der Waals surface area contributed by atoms with E-state index in [0.29, 0.717) is 12.1 Å². The molecular weight excluding hydrogens is 176 g/mol. The molecule has 0 aromatic rings. The average molecular weight is 196 g/mol. The third kappa shape index (κ3) is 2.72. The minimum absolute atomic E-state index is 0.394. The van der Waals surface area contributed by atoms with Crippen LogP contribution < -0.4 is 5.32 Å². The third-order valence-corrected chi connectivity index (χ3v) is 3.05. The van der Waals surface area contributed by atoms with E-state index in [0.717, 1.165) is 19.4 Å². The lowest BCUT2D eigenvalue weighted by molar-refractivity contribution is 0.119. The van der Waals surface area contributed by atoms with E-state index in [2.05, 4.69) is 23.3 Å². The maximum Gasteiger partial charge on any atom is 0.110 e. The van der Waals surface area contributed by atoms with Gasteiger partial charge in [0.05, 0.1) is 6.26 Å². The summed E-state index contributed by atoms with van der Waals surface area (Å²) in [7, 11) is 2.18. The van der Waals surface area contributed by atoms with Crippen LogP contribution in [0.5, 0.6) is 0 Å². The molecule has 80 valence electrons. The number of ether oxygens (including phenoxy) is 1. The van der Waals surface area contributed by atoms with Crippen LogP contribution in [-0.2, 0) is 4.74 Å². The first kappa shape index (κ1) is 9.99. The number of likely N-dealkylation sites (N-methyl/N-ethyl adjacent to an activating group) is 1. The monoisotopic (exact) mass is 196 g/mol. The van der Waals surface area contributed by atoms with Crippen molar-refractivity contribution in [3.63, 3.8) is 0 Å². The SMILES string of the molecule is CN1CCC(NCC2CCC=CO2)C1. The Labute approximate surface area is 86.1 Å². The van der Waals surface area contributed by atoms with Crippen LogP contribution >= 0.6 is 0 Å². The number of nitrogens with one attached hydrogen (secondary N) is 1. The van der Waals surface area contributed by atoms with Crippen molar-refractivity contribution in [2.45, 2.75) is 31.4 Å². The number of nitrogens with zero attached hydrogens (tertiary/aromatic N) is 1. The lowest BCUT2D eigenvalue weighted by Crippen LogP contribution is -2.38. The van der Waals surface area contributed by atoms with Gasteiger partial charge in [0.25, 0.3) is 0 Å². The van der Waals surface area contributed by atoms with E-state index >= 15 is 0 Å². The number of allylic oxidation sites excluding steroid dienone is 1. The summed E-state index contributed by atoms with van der Waals surface area (Å²) >= 11 is 0. The standard InChI is InChI=1S/C11H20N2O/c1-13-6-5-10(9-13)12-8-11-4-2-3-7-14-11/h3,7,10-12H,2,4-6,8-9H2,1H3. The van der Waals surface area contributed by atoms with Crippen LogP contribution in [-0.4, -0.2) is 43.7 Å². The van der Waals surface area contributed by atoms with Gasteiger partial charge in [0.2, 0.25) is 0 Å². The van der Waals surface area contributed by atoms with Crippen LogP contribution in [0, 0.1) is 0 Å². The Hall–Kier alpha value is -0.540. The van der Waals surface area contributed by atoms with Crippen LogP contribution in [0.15, 0.2) is 12.3 Å². The van der Waals surface area contributed by atoms with Gasteiger partial charge in [-0.3, -0.25) is 0 Å². The second kappa shape index (κ2) is 4.80. The van der Waals surface area contributed by atoms with Gasteiger partial charge in [-0.05, 0) is 38.9 Å². The molecule has 0 aromatic heterocycles. The molecule has 2 unspecified atom stereocenters. The van der Waals surface area contributed by atoms with Crippen LogP contribution in [0.25, 0.3) is 0 Å². The number of likely N-dealkylation sites (tertiary alicyclic amines) is 1. The predicted octanol–water partition coefficient (Wildman–Crippen LogP) is 0.973. The zero-order valence-corrected chi connectivity index (χ0v) is 8.91. The zero-order chi connectivity index (χ0) is 9.80. The van der Waals surface area contributed by atoms with Crippen LogP contribution in [0.4, 0.5) is 0 Å². The summed E-state index contributed by atoms with van der Waals surface area (Å²) in [6.45, 7) is 3.41. The summed E-state index contributed by atoms with van der Waals surface area (Å²) in [6.07, 6.45) is 7.93. The van der Waals surface area contributed by atoms with Gasteiger partial charge in [-0.1, -0.05) is 0 Å². The molecule has 0 radical (unpaired) electrons. The van der Waals surface area contributed by atoms with Gasteiger partial charge < -0.3 is 15.0 Å². The average Bonchev–Trinajstić information content (AvgIpc) is 2.63. The van der Waals surface area contributed by atoms with Crippen molar-refractivity contribution in [2.75, 3.05) is 26.7 Å². The van der Waals surface area contributed by atoms with E-state index in [4.69, 9.17) is 4.74 Å². The number of rotatable bonds is 3. The minimum atomic E-state index is 0.394. The molecule has 1 N–H and O–H groups in total. The van der Waals surface area contributed by atoms with Crippen molar-refractivity contribution < 1.29 is 4.74 Å². The van der Waals surface area contributed by atoms with Gasteiger partial charge in [-0.2, -0.15) is 0 Å². The second-order valence-electron chi connectivity index (χ2n) is 4.36. The fourth-order valence-corrected chi connectivity index (χ4v) is 2.13. The molecule has 2 aliphatic heterocycles. The first-order chi connectivity index (χ1) is 6.84. The zero-order valence-electron chi connectivity index (χ0n) is 8.91. The molecule has 2 rings (SSSR count). The highest BCUT2D eigenvalue weighted by Crippen LogP contribution is 2.11. The van der Waals surface area contributed by atoms with Gasteiger partial charge >= 0.3 is 0 Å². The molecule has 1 saturated heterocycles. The fraction of sp³-hybridized carbons (Fsp3) is 0.818. The van der Waals surface area contributed by atoms with E-state index in [1.807, 2.05) is 6.26 Å². The van der Waals surface area contributed by atoms with Crippen molar-refractivity contribution in [1.82, 2.24) is 10.2 Å². The summed E-state index contributed by atoms with van der Waals surface area (Å²) in [5.74, 6) is 0. The van der Waals surface area contributed by atoms with E-state index in [-0.39, 0.29) is 0 Å². The van der Waals surface area contributed by atoms with Crippen molar-refractivity contribution in [3.05, 3.63) is 12.3 Å². The molecule has 3 heteroatoms. The molecular formula is C11H20N2O. The molecule has 14 heavy (non-hydrogen) atoms. The third-order valence-electron chi connectivity index (χ3n) is 3.05. The first-order valence-corrected chi connectivity index (χ1v) is 5.57. The maximum atomic E-state index is 5.51. The molecule has 0 spiro atoms. The predicted molar refractivity (Wildman–Crippen MR) is 57.2 cm³/mol. The summed E-state index contributed by atoms with van der Waals surface area (Å²) in [5.41, 5.74) is 0. The molecule has 0 saturated carbocycles. The highest BCUT2D eigenvalue weighted by molar-refractivity contribution is 4.85. The van der Waals surface area contributed by atoms with Crippen LogP contribution in [0.1, 0.15) is 19.3 Å². The largest absolute Gasteiger partial charge is 0.497 e. The molecule has 2 atom stereocenters. The highest BCUT2D eigenvalue weighted by Gasteiger charge is 2.20. The molecule has 2 aliphatic rings. The van der Waals surface area contributed by atoms with Crippen LogP contribution in [0.3, 0.4) is 0 Å². The van der Waals surface area contributed by atoms with E-state index < -0.39 is 0 Å². The van der Waals surface area contributed by atoms with Crippen LogP contribution in [0.2, 0.25) is 0 Å².